The number of rotatable bonds is 8. The Morgan fingerprint density at radius 3 is 2.40 bits per heavy atom. The standard InChI is InChI=1S/C22H28N2O/c1-5-6-21(25-4)22(2,3)14-13-17-7-10-19(11-8-17)20-12-9-18(15-23)16-24-20/h6-12,15-16,23H,5,13-14H2,1-4H3/b21-6-,23-15?. The van der Waals surface area contributed by atoms with Crippen molar-refractivity contribution in [2.45, 2.75) is 40.0 Å². The Morgan fingerprint density at radius 1 is 1.16 bits per heavy atom. The molecule has 0 aliphatic carbocycles. The lowest BCUT2D eigenvalue weighted by Gasteiger charge is -2.27. The predicted octanol–water partition coefficient (Wildman–Crippen LogP) is 5.65. The maximum atomic E-state index is 7.24. The van der Waals surface area contributed by atoms with Crippen LogP contribution < -0.4 is 0 Å². The quantitative estimate of drug-likeness (QED) is 0.500. The van der Waals surface area contributed by atoms with Crippen molar-refractivity contribution in [2.75, 3.05) is 7.11 Å². The van der Waals surface area contributed by atoms with E-state index in [-0.39, 0.29) is 5.41 Å². The highest BCUT2D eigenvalue weighted by Crippen LogP contribution is 2.32. The molecule has 1 N–H and O–H groups in total. The van der Waals surface area contributed by atoms with Crippen LogP contribution in [0, 0.1) is 10.8 Å². The molecule has 0 amide bonds. The van der Waals surface area contributed by atoms with Crippen molar-refractivity contribution in [2.24, 2.45) is 5.41 Å². The fourth-order valence-electron chi connectivity index (χ4n) is 2.90. The Balaban J connectivity index is 2.04. The molecule has 1 heterocycles. The van der Waals surface area contributed by atoms with E-state index in [9.17, 15) is 0 Å². The van der Waals surface area contributed by atoms with Crippen LogP contribution in [0.25, 0.3) is 11.3 Å². The van der Waals surface area contributed by atoms with Gasteiger partial charge in [-0.2, -0.15) is 0 Å². The summed E-state index contributed by atoms with van der Waals surface area (Å²) in [4.78, 5) is 4.41. The molecule has 0 saturated heterocycles. The highest BCUT2D eigenvalue weighted by Gasteiger charge is 2.23. The van der Waals surface area contributed by atoms with Gasteiger partial charge >= 0.3 is 0 Å². The molecule has 3 nitrogen and oxygen atoms in total. The number of methoxy groups -OCH3 is 1. The maximum Gasteiger partial charge on any atom is 0.0971 e. The smallest absolute Gasteiger partial charge is 0.0971 e. The molecule has 2 rings (SSSR count). The Morgan fingerprint density at radius 2 is 1.88 bits per heavy atom. The fraction of sp³-hybridized carbons (Fsp3) is 0.364. The molecule has 0 aliphatic rings. The number of nitrogens with zero attached hydrogens (tertiary/aromatic N) is 1. The van der Waals surface area contributed by atoms with Crippen LogP contribution in [0.5, 0.6) is 0 Å². The minimum atomic E-state index is 0.0353. The lowest BCUT2D eigenvalue weighted by atomic mass is 9.83. The van der Waals surface area contributed by atoms with Gasteiger partial charge in [-0.1, -0.05) is 45.0 Å². The van der Waals surface area contributed by atoms with Gasteiger partial charge in [0.1, 0.15) is 0 Å². The minimum absolute atomic E-state index is 0.0353. The van der Waals surface area contributed by atoms with E-state index in [1.807, 2.05) is 12.1 Å². The van der Waals surface area contributed by atoms with Gasteiger partial charge in [-0.3, -0.25) is 4.98 Å². The molecule has 25 heavy (non-hydrogen) atoms. The van der Waals surface area contributed by atoms with Crippen LogP contribution in [-0.4, -0.2) is 18.3 Å². The van der Waals surface area contributed by atoms with Gasteiger partial charge in [-0.05, 0) is 43.0 Å². The topological polar surface area (TPSA) is 46.0 Å². The van der Waals surface area contributed by atoms with E-state index in [4.69, 9.17) is 10.1 Å². The van der Waals surface area contributed by atoms with E-state index < -0.39 is 0 Å². The van der Waals surface area contributed by atoms with Crippen LogP contribution >= 0.6 is 0 Å². The summed E-state index contributed by atoms with van der Waals surface area (Å²) in [5.41, 5.74) is 4.21. The average molecular weight is 336 g/mol. The normalized spacial score (nSPS) is 12.1. The molecule has 0 aliphatic heterocycles. The number of pyridine rings is 1. The van der Waals surface area contributed by atoms with E-state index in [0.29, 0.717) is 0 Å². The first-order chi connectivity index (χ1) is 12.0. The van der Waals surface area contributed by atoms with Crippen LogP contribution in [0.4, 0.5) is 0 Å². The van der Waals surface area contributed by atoms with Crippen molar-refractivity contribution in [3.05, 3.63) is 65.6 Å². The molecule has 132 valence electrons. The maximum absolute atomic E-state index is 7.24. The molecular weight excluding hydrogens is 308 g/mol. The Kier molecular flexibility index (Phi) is 6.51. The number of hydrogen-bond donors (Lipinski definition) is 1. The van der Waals surface area contributed by atoms with Crippen LogP contribution in [0.15, 0.2) is 54.4 Å². The third kappa shape index (κ3) is 5.02. The number of ether oxygens (including phenoxy) is 1. The molecule has 0 saturated carbocycles. The van der Waals surface area contributed by atoms with E-state index in [0.717, 1.165) is 41.8 Å². The third-order valence-electron chi connectivity index (χ3n) is 4.52. The summed E-state index contributed by atoms with van der Waals surface area (Å²) >= 11 is 0. The molecule has 0 fully saturated rings. The average Bonchev–Trinajstić information content (AvgIpc) is 2.65. The van der Waals surface area contributed by atoms with Crippen molar-refractivity contribution >= 4 is 6.21 Å². The van der Waals surface area contributed by atoms with Crippen molar-refractivity contribution in [1.29, 1.82) is 5.41 Å². The SMILES string of the molecule is CC/C=C(\OC)C(C)(C)CCc1ccc(-c2ccc(C=N)cn2)cc1. The van der Waals surface area contributed by atoms with Gasteiger partial charge in [0.2, 0.25) is 0 Å². The van der Waals surface area contributed by atoms with Gasteiger partial charge in [0, 0.05) is 29.0 Å². The number of nitrogens with one attached hydrogen (secondary N) is 1. The number of aryl methyl sites for hydroxylation is 1. The lowest BCUT2D eigenvalue weighted by Crippen LogP contribution is -2.17. The summed E-state index contributed by atoms with van der Waals surface area (Å²) in [6, 6.07) is 12.5. The second kappa shape index (κ2) is 8.61. The van der Waals surface area contributed by atoms with Gasteiger partial charge in [-0.15, -0.1) is 0 Å². The molecule has 2 aromatic rings. The summed E-state index contributed by atoms with van der Waals surface area (Å²) in [6.07, 6.45) is 8.25. The van der Waals surface area contributed by atoms with Gasteiger partial charge < -0.3 is 10.1 Å². The fourth-order valence-corrected chi connectivity index (χ4v) is 2.90. The van der Waals surface area contributed by atoms with Gasteiger partial charge in [0.15, 0.2) is 0 Å². The van der Waals surface area contributed by atoms with Gasteiger partial charge in [-0.25, -0.2) is 0 Å². The monoisotopic (exact) mass is 336 g/mol. The Hall–Kier alpha value is -2.42. The van der Waals surface area contributed by atoms with Crippen molar-refractivity contribution in [1.82, 2.24) is 4.98 Å². The Labute approximate surface area is 151 Å². The molecule has 1 aromatic heterocycles. The first kappa shape index (κ1) is 18.9. The lowest BCUT2D eigenvalue weighted by molar-refractivity contribution is 0.184. The molecule has 0 bridgehead atoms. The highest BCUT2D eigenvalue weighted by atomic mass is 16.5. The molecule has 0 unspecified atom stereocenters. The molecule has 0 spiro atoms. The first-order valence-electron chi connectivity index (χ1n) is 8.80. The summed E-state index contributed by atoms with van der Waals surface area (Å²) in [7, 11) is 1.76. The first-order valence-corrected chi connectivity index (χ1v) is 8.80. The largest absolute Gasteiger partial charge is 0.501 e. The van der Waals surface area contributed by atoms with Crippen LogP contribution in [0.2, 0.25) is 0 Å². The van der Waals surface area contributed by atoms with E-state index >= 15 is 0 Å². The van der Waals surface area contributed by atoms with Crippen LogP contribution in [0.1, 0.15) is 44.7 Å². The van der Waals surface area contributed by atoms with Gasteiger partial charge in [0.05, 0.1) is 18.6 Å². The van der Waals surface area contributed by atoms with Crippen LogP contribution in [0.3, 0.4) is 0 Å². The molecule has 3 heteroatoms. The molecule has 0 radical (unpaired) electrons. The van der Waals surface area contributed by atoms with Crippen molar-refractivity contribution in [3.8, 4) is 11.3 Å². The van der Waals surface area contributed by atoms with E-state index in [1.54, 1.807) is 13.3 Å². The zero-order valence-electron chi connectivity index (χ0n) is 15.7. The van der Waals surface area contributed by atoms with Gasteiger partial charge in [0.25, 0.3) is 0 Å². The molecule has 0 atom stereocenters. The summed E-state index contributed by atoms with van der Waals surface area (Å²) in [6.45, 7) is 6.61. The summed E-state index contributed by atoms with van der Waals surface area (Å²) in [5, 5.41) is 7.24. The minimum Gasteiger partial charge on any atom is -0.501 e. The number of allylic oxidation sites excluding steroid dienone is 2. The van der Waals surface area contributed by atoms with Crippen LogP contribution in [-0.2, 0) is 11.2 Å². The van der Waals surface area contributed by atoms with Crippen molar-refractivity contribution < 1.29 is 4.74 Å². The molecular formula is C22H28N2O. The van der Waals surface area contributed by atoms with E-state index in [2.05, 4.69) is 56.1 Å². The molecule has 1 aromatic carbocycles. The zero-order chi connectivity index (χ0) is 18.3. The number of hydrogen-bond acceptors (Lipinski definition) is 3. The second-order valence-corrected chi connectivity index (χ2v) is 6.88. The summed E-state index contributed by atoms with van der Waals surface area (Å²) in [5.74, 6) is 1.07. The second-order valence-electron chi connectivity index (χ2n) is 6.88. The summed E-state index contributed by atoms with van der Waals surface area (Å²) < 4.78 is 5.58. The van der Waals surface area contributed by atoms with E-state index in [1.165, 1.54) is 11.8 Å². The Bertz CT molecular complexity index is 713. The predicted molar refractivity (Wildman–Crippen MR) is 105 cm³/mol. The third-order valence-corrected chi connectivity index (χ3v) is 4.52. The highest BCUT2D eigenvalue weighted by molar-refractivity contribution is 5.77. The number of benzene rings is 1. The van der Waals surface area contributed by atoms with Crippen molar-refractivity contribution in [3.63, 3.8) is 0 Å². The number of aromatic nitrogens is 1. The zero-order valence-corrected chi connectivity index (χ0v) is 15.7.